The van der Waals surface area contributed by atoms with Crippen LogP contribution < -0.4 is 4.90 Å². The maximum Gasteiger partial charge on any atom is 0.213 e. The van der Waals surface area contributed by atoms with Gasteiger partial charge in [-0.1, -0.05) is 19.8 Å². The number of fused-ring (bicyclic) bond motifs is 3. The molecule has 5 rings (SSSR count). The number of rotatable bonds is 3. The van der Waals surface area contributed by atoms with E-state index >= 15 is 0 Å². The molecule has 0 amide bonds. The van der Waals surface area contributed by atoms with E-state index in [1.165, 1.54) is 25.1 Å². The van der Waals surface area contributed by atoms with Crippen molar-refractivity contribution in [2.75, 3.05) is 4.90 Å². The van der Waals surface area contributed by atoms with E-state index in [1.807, 2.05) is 13.1 Å². The third kappa shape index (κ3) is 2.58. The first kappa shape index (κ1) is 17.2. The van der Waals surface area contributed by atoms with Gasteiger partial charge >= 0.3 is 0 Å². The number of hydrogen-bond donors (Lipinski definition) is 0. The molecule has 4 heterocycles. The van der Waals surface area contributed by atoms with Crippen molar-refractivity contribution >= 4 is 5.82 Å². The lowest BCUT2D eigenvalue weighted by atomic mass is 10.0. The summed E-state index contributed by atoms with van der Waals surface area (Å²) in [4.78, 5) is 15.5. The predicted octanol–water partition coefficient (Wildman–Crippen LogP) is 3.78. The van der Waals surface area contributed by atoms with E-state index in [1.54, 1.807) is 6.07 Å². The maximum absolute atomic E-state index is 13.6. The zero-order valence-corrected chi connectivity index (χ0v) is 16.0. The number of hydrogen-bond acceptors (Lipinski definition) is 6. The average Bonchev–Trinajstić information content (AvgIpc) is 3.37. The smallest absolute Gasteiger partial charge is 0.213 e. The Bertz CT molecular complexity index is 1030. The quantitative estimate of drug-likeness (QED) is 0.645. The van der Waals surface area contributed by atoms with Gasteiger partial charge in [-0.2, -0.15) is 4.39 Å². The van der Waals surface area contributed by atoms with Crippen LogP contribution in [0.5, 0.6) is 0 Å². The molecule has 28 heavy (non-hydrogen) atoms. The molecule has 2 aliphatic rings. The number of aromatic nitrogens is 6. The van der Waals surface area contributed by atoms with Crippen LogP contribution in [-0.2, 0) is 0 Å². The third-order valence-electron chi connectivity index (χ3n) is 5.81. The fourth-order valence-corrected chi connectivity index (χ4v) is 4.55. The van der Waals surface area contributed by atoms with Crippen LogP contribution in [0.3, 0.4) is 0 Å². The van der Waals surface area contributed by atoms with Crippen LogP contribution in [-0.4, -0.2) is 35.8 Å². The summed E-state index contributed by atoms with van der Waals surface area (Å²) in [5.41, 5.74) is 1.52. The minimum Gasteiger partial charge on any atom is -0.342 e. The molecule has 0 bridgehead atoms. The fraction of sp³-hybridized carbons (Fsp3) is 0.450. The zero-order valence-electron chi connectivity index (χ0n) is 16.0. The summed E-state index contributed by atoms with van der Waals surface area (Å²) in [6.07, 6.45) is 8.91. The molecule has 1 aliphatic heterocycles. The molecule has 3 aromatic rings. The van der Waals surface area contributed by atoms with Gasteiger partial charge in [-0.3, -0.25) is 4.57 Å². The summed E-state index contributed by atoms with van der Waals surface area (Å²) in [7, 11) is 0. The molecule has 0 saturated heterocycles. The van der Waals surface area contributed by atoms with Gasteiger partial charge in [-0.05, 0) is 32.3 Å². The Labute approximate surface area is 162 Å². The molecule has 1 unspecified atom stereocenters. The Morgan fingerprint density at radius 1 is 1.18 bits per heavy atom. The standard InChI is InChI=1S/C20H22FN7/c1-3-15-20-26-25-12(2)27(20)16-11-23-18(13-8-9-22-17(21)10-13)24-19(16)28(15)14-6-4-5-7-14/h8-11,14-15H,3-7H2,1-2H3. The molecule has 1 aliphatic carbocycles. The van der Waals surface area contributed by atoms with Crippen LogP contribution in [0.4, 0.5) is 10.2 Å². The molecular formula is C20H22FN7. The molecule has 8 heteroatoms. The molecule has 3 aromatic heterocycles. The first-order chi connectivity index (χ1) is 13.7. The largest absolute Gasteiger partial charge is 0.342 e. The normalized spacial score (nSPS) is 19.0. The second-order valence-electron chi connectivity index (χ2n) is 7.48. The average molecular weight is 379 g/mol. The van der Waals surface area contributed by atoms with Crippen molar-refractivity contribution in [1.82, 2.24) is 29.7 Å². The highest BCUT2D eigenvalue weighted by Crippen LogP contribution is 2.43. The molecule has 1 saturated carbocycles. The lowest BCUT2D eigenvalue weighted by Crippen LogP contribution is -2.42. The lowest BCUT2D eigenvalue weighted by molar-refractivity contribution is 0.468. The van der Waals surface area contributed by atoms with Gasteiger partial charge in [0.05, 0.1) is 12.2 Å². The van der Waals surface area contributed by atoms with Gasteiger partial charge in [0.1, 0.15) is 11.5 Å². The minimum absolute atomic E-state index is 0.119. The molecule has 0 aromatic carbocycles. The van der Waals surface area contributed by atoms with Crippen molar-refractivity contribution in [3.05, 3.63) is 42.1 Å². The van der Waals surface area contributed by atoms with Crippen molar-refractivity contribution in [3.63, 3.8) is 0 Å². The van der Waals surface area contributed by atoms with Gasteiger partial charge in [0.25, 0.3) is 0 Å². The highest BCUT2D eigenvalue weighted by atomic mass is 19.1. The van der Waals surface area contributed by atoms with Crippen LogP contribution in [0.1, 0.15) is 56.7 Å². The molecule has 1 fully saturated rings. The van der Waals surface area contributed by atoms with Crippen LogP contribution in [0.15, 0.2) is 24.5 Å². The van der Waals surface area contributed by atoms with Gasteiger partial charge in [0.15, 0.2) is 17.5 Å². The van der Waals surface area contributed by atoms with Crippen LogP contribution in [0.25, 0.3) is 17.1 Å². The molecule has 0 N–H and O–H groups in total. The van der Waals surface area contributed by atoms with E-state index in [0.29, 0.717) is 17.4 Å². The van der Waals surface area contributed by atoms with E-state index in [0.717, 1.165) is 42.4 Å². The highest BCUT2D eigenvalue weighted by molar-refractivity contribution is 5.66. The van der Waals surface area contributed by atoms with Crippen molar-refractivity contribution in [2.45, 2.75) is 58.0 Å². The fourth-order valence-electron chi connectivity index (χ4n) is 4.55. The van der Waals surface area contributed by atoms with Crippen molar-refractivity contribution < 1.29 is 4.39 Å². The second kappa shape index (κ2) is 6.61. The van der Waals surface area contributed by atoms with Crippen molar-refractivity contribution in [1.29, 1.82) is 0 Å². The molecule has 0 spiro atoms. The third-order valence-corrected chi connectivity index (χ3v) is 5.81. The number of halogens is 1. The summed E-state index contributed by atoms with van der Waals surface area (Å²) >= 11 is 0. The monoisotopic (exact) mass is 379 g/mol. The van der Waals surface area contributed by atoms with E-state index in [2.05, 4.69) is 36.6 Å². The van der Waals surface area contributed by atoms with Crippen molar-refractivity contribution in [3.8, 4) is 17.1 Å². The first-order valence-corrected chi connectivity index (χ1v) is 9.87. The van der Waals surface area contributed by atoms with E-state index in [-0.39, 0.29) is 6.04 Å². The molecule has 144 valence electrons. The highest BCUT2D eigenvalue weighted by Gasteiger charge is 2.39. The van der Waals surface area contributed by atoms with Gasteiger partial charge in [0.2, 0.25) is 5.95 Å². The van der Waals surface area contributed by atoms with Gasteiger partial charge in [-0.15, -0.1) is 10.2 Å². The maximum atomic E-state index is 13.6. The van der Waals surface area contributed by atoms with Crippen LogP contribution >= 0.6 is 0 Å². The summed E-state index contributed by atoms with van der Waals surface area (Å²) in [5, 5.41) is 8.80. The summed E-state index contributed by atoms with van der Waals surface area (Å²) in [5.74, 6) is 2.64. The van der Waals surface area contributed by atoms with E-state index in [9.17, 15) is 4.39 Å². The number of aryl methyl sites for hydroxylation is 1. The minimum atomic E-state index is -0.533. The SMILES string of the molecule is CCC1c2nnc(C)n2-c2cnc(-c3ccnc(F)c3)nc2N1C1CCCC1. The first-order valence-electron chi connectivity index (χ1n) is 9.87. The summed E-state index contributed by atoms with van der Waals surface area (Å²) in [6, 6.07) is 3.65. The Balaban J connectivity index is 1.71. The molecular weight excluding hydrogens is 357 g/mol. The Morgan fingerprint density at radius 2 is 2.00 bits per heavy atom. The summed E-state index contributed by atoms with van der Waals surface area (Å²) < 4.78 is 15.7. The Kier molecular flexibility index (Phi) is 4.07. The topological polar surface area (TPSA) is 72.6 Å². The zero-order chi connectivity index (χ0) is 19.3. The van der Waals surface area contributed by atoms with Gasteiger partial charge in [-0.25, -0.2) is 15.0 Å². The summed E-state index contributed by atoms with van der Waals surface area (Å²) in [6.45, 7) is 4.12. The molecule has 7 nitrogen and oxygen atoms in total. The van der Waals surface area contributed by atoms with E-state index in [4.69, 9.17) is 4.98 Å². The Morgan fingerprint density at radius 3 is 2.75 bits per heavy atom. The van der Waals surface area contributed by atoms with Crippen molar-refractivity contribution in [2.24, 2.45) is 0 Å². The number of pyridine rings is 1. The van der Waals surface area contributed by atoms with E-state index < -0.39 is 5.95 Å². The lowest BCUT2D eigenvalue weighted by Gasteiger charge is -2.41. The molecule has 0 radical (unpaired) electrons. The van der Waals surface area contributed by atoms with Gasteiger partial charge in [0, 0.05) is 23.9 Å². The predicted molar refractivity (Wildman–Crippen MR) is 103 cm³/mol. The number of anilines is 1. The number of nitrogens with zero attached hydrogens (tertiary/aromatic N) is 7. The second-order valence-corrected chi connectivity index (χ2v) is 7.48. The van der Waals surface area contributed by atoms with Crippen LogP contribution in [0.2, 0.25) is 0 Å². The Hall–Kier alpha value is -2.90. The van der Waals surface area contributed by atoms with Gasteiger partial charge < -0.3 is 4.90 Å². The molecule has 1 atom stereocenters. The van der Waals surface area contributed by atoms with Crippen LogP contribution in [0, 0.1) is 12.9 Å².